The molecule has 0 amide bonds. The standard InChI is InChI=1S/C12H12BrNOS2/c13-10-1-2-12(11(14)7-10)17(15)6-4-9-3-5-16-8-9/h1-3,5,7-8H,4,6,14H2. The summed E-state index contributed by atoms with van der Waals surface area (Å²) in [6.45, 7) is 0. The van der Waals surface area contributed by atoms with E-state index in [-0.39, 0.29) is 0 Å². The highest BCUT2D eigenvalue weighted by atomic mass is 79.9. The van der Waals surface area contributed by atoms with Gasteiger partial charge in [0.1, 0.15) is 0 Å². The molecule has 17 heavy (non-hydrogen) atoms. The third kappa shape index (κ3) is 3.40. The van der Waals surface area contributed by atoms with Gasteiger partial charge in [-0.2, -0.15) is 11.3 Å². The molecule has 1 unspecified atom stereocenters. The number of rotatable bonds is 4. The first kappa shape index (κ1) is 12.8. The van der Waals surface area contributed by atoms with E-state index in [1.807, 2.05) is 17.5 Å². The Morgan fingerprint density at radius 1 is 1.35 bits per heavy atom. The summed E-state index contributed by atoms with van der Waals surface area (Å²) in [5, 5.41) is 4.12. The van der Waals surface area contributed by atoms with Crippen LogP contribution < -0.4 is 5.73 Å². The number of aryl methyl sites for hydroxylation is 1. The number of nitrogen functional groups attached to an aromatic ring is 1. The fourth-order valence-electron chi connectivity index (χ4n) is 1.48. The van der Waals surface area contributed by atoms with Gasteiger partial charge in [-0.25, -0.2) is 0 Å². The molecule has 0 aliphatic carbocycles. The van der Waals surface area contributed by atoms with E-state index in [1.165, 1.54) is 5.56 Å². The van der Waals surface area contributed by atoms with Crippen LogP contribution in [-0.2, 0) is 17.2 Å². The van der Waals surface area contributed by atoms with Crippen LogP contribution in [0, 0.1) is 0 Å². The Kier molecular flexibility index (Phi) is 4.36. The summed E-state index contributed by atoms with van der Waals surface area (Å²) in [6.07, 6.45) is 0.825. The zero-order chi connectivity index (χ0) is 12.3. The average molecular weight is 330 g/mol. The highest BCUT2D eigenvalue weighted by molar-refractivity contribution is 9.10. The van der Waals surface area contributed by atoms with E-state index in [4.69, 9.17) is 5.73 Å². The summed E-state index contributed by atoms with van der Waals surface area (Å²) < 4.78 is 13.0. The fourth-order valence-corrected chi connectivity index (χ4v) is 3.75. The second-order valence-electron chi connectivity index (χ2n) is 3.61. The molecule has 0 spiro atoms. The van der Waals surface area contributed by atoms with E-state index < -0.39 is 10.8 Å². The predicted octanol–water partition coefficient (Wildman–Crippen LogP) is 3.44. The van der Waals surface area contributed by atoms with Crippen molar-refractivity contribution < 1.29 is 4.21 Å². The minimum atomic E-state index is -1.03. The van der Waals surface area contributed by atoms with Crippen molar-refractivity contribution in [3.8, 4) is 0 Å². The van der Waals surface area contributed by atoms with Gasteiger partial charge in [0.15, 0.2) is 0 Å². The highest BCUT2D eigenvalue weighted by Gasteiger charge is 2.08. The normalized spacial score (nSPS) is 12.5. The molecule has 2 N–H and O–H groups in total. The minimum Gasteiger partial charge on any atom is -0.398 e. The van der Waals surface area contributed by atoms with Gasteiger partial charge in [-0.1, -0.05) is 15.9 Å². The average Bonchev–Trinajstić information content (AvgIpc) is 2.78. The van der Waals surface area contributed by atoms with Crippen LogP contribution in [0.15, 0.2) is 44.4 Å². The summed E-state index contributed by atoms with van der Waals surface area (Å²) >= 11 is 5.00. The van der Waals surface area contributed by atoms with E-state index in [2.05, 4.69) is 27.4 Å². The van der Waals surface area contributed by atoms with Crippen molar-refractivity contribution in [3.05, 3.63) is 45.1 Å². The first-order valence-electron chi connectivity index (χ1n) is 5.11. The first-order valence-corrected chi connectivity index (χ1v) is 8.17. The number of thiophene rings is 1. The van der Waals surface area contributed by atoms with Crippen molar-refractivity contribution >= 4 is 43.8 Å². The lowest BCUT2D eigenvalue weighted by molar-refractivity contribution is 0.682. The van der Waals surface area contributed by atoms with Gasteiger partial charge >= 0.3 is 0 Å². The molecule has 1 heterocycles. The number of nitrogens with two attached hydrogens (primary N) is 1. The molecule has 1 aromatic carbocycles. The van der Waals surface area contributed by atoms with Crippen molar-refractivity contribution in [3.63, 3.8) is 0 Å². The zero-order valence-corrected chi connectivity index (χ0v) is 12.3. The molecule has 2 rings (SSSR count). The van der Waals surface area contributed by atoms with Crippen LogP contribution in [0.2, 0.25) is 0 Å². The van der Waals surface area contributed by atoms with Crippen LogP contribution in [0.1, 0.15) is 5.56 Å². The summed E-state index contributed by atoms with van der Waals surface area (Å²) in [5.41, 5.74) is 7.67. The Bertz CT molecular complexity index is 525. The molecule has 1 aromatic heterocycles. The van der Waals surface area contributed by atoms with Crippen molar-refractivity contribution in [2.24, 2.45) is 0 Å². The molecule has 0 aliphatic heterocycles. The summed E-state index contributed by atoms with van der Waals surface area (Å²) in [5.74, 6) is 0.614. The molecule has 90 valence electrons. The Morgan fingerprint density at radius 3 is 2.82 bits per heavy atom. The lowest BCUT2D eigenvalue weighted by Gasteiger charge is -2.05. The molecule has 0 fully saturated rings. The van der Waals surface area contributed by atoms with Gasteiger partial charge in [-0.15, -0.1) is 0 Å². The van der Waals surface area contributed by atoms with E-state index in [1.54, 1.807) is 17.4 Å². The molecule has 2 nitrogen and oxygen atoms in total. The molecule has 0 saturated heterocycles. The van der Waals surface area contributed by atoms with E-state index >= 15 is 0 Å². The lowest BCUT2D eigenvalue weighted by Crippen LogP contribution is -2.04. The third-order valence-electron chi connectivity index (χ3n) is 2.37. The maximum Gasteiger partial charge on any atom is 0.0618 e. The van der Waals surface area contributed by atoms with Gasteiger partial charge in [0.05, 0.1) is 15.7 Å². The van der Waals surface area contributed by atoms with Gasteiger partial charge in [0.25, 0.3) is 0 Å². The van der Waals surface area contributed by atoms with Crippen molar-refractivity contribution in [2.45, 2.75) is 11.3 Å². The van der Waals surface area contributed by atoms with Crippen LogP contribution >= 0.6 is 27.3 Å². The quantitative estimate of drug-likeness (QED) is 0.873. The molecule has 5 heteroatoms. The molecule has 0 radical (unpaired) electrons. The lowest BCUT2D eigenvalue weighted by atomic mass is 10.3. The third-order valence-corrected chi connectivity index (χ3v) is 5.04. The Labute approximate surface area is 115 Å². The van der Waals surface area contributed by atoms with Gasteiger partial charge in [-0.05, 0) is 47.0 Å². The molecule has 1 atom stereocenters. The smallest absolute Gasteiger partial charge is 0.0618 e. The zero-order valence-electron chi connectivity index (χ0n) is 9.06. The number of hydrogen-bond acceptors (Lipinski definition) is 3. The first-order chi connectivity index (χ1) is 8.16. The molecule has 0 saturated carbocycles. The van der Waals surface area contributed by atoms with Crippen molar-refractivity contribution in [1.82, 2.24) is 0 Å². The van der Waals surface area contributed by atoms with E-state index in [9.17, 15) is 4.21 Å². The molecular weight excluding hydrogens is 318 g/mol. The maximum atomic E-state index is 12.1. The van der Waals surface area contributed by atoms with Crippen LogP contribution in [0.5, 0.6) is 0 Å². The second-order valence-corrected chi connectivity index (χ2v) is 6.85. The summed E-state index contributed by atoms with van der Waals surface area (Å²) in [7, 11) is -1.03. The van der Waals surface area contributed by atoms with Crippen LogP contribution in [-0.4, -0.2) is 9.96 Å². The predicted molar refractivity (Wildman–Crippen MR) is 77.9 cm³/mol. The van der Waals surface area contributed by atoms with Gasteiger partial charge < -0.3 is 5.73 Å². The Balaban J connectivity index is 2.04. The monoisotopic (exact) mass is 329 g/mol. The van der Waals surface area contributed by atoms with Gasteiger partial charge in [0, 0.05) is 15.9 Å². The fraction of sp³-hybridized carbons (Fsp3) is 0.167. The Morgan fingerprint density at radius 2 is 2.18 bits per heavy atom. The maximum absolute atomic E-state index is 12.1. The minimum absolute atomic E-state index is 0.586. The highest BCUT2D eigenvalue weighted by Crippen LogP contribution is 2.22. The van der Waals surface area contributed by atoms with Crippen LogP contribution in [0.25, 0.3) is 0 Å². The number of anilines is 1. The molecule has 0 aliphatic rings. The molecule has 0 bridgehead atoms. The second kappa shape index (κ2) is 5.80. The number of hydrogen-bond donors (Lipinski definition) is 1. The SMILES string of the molecule is Nc1cc(Br)ccc1S(=O)CCc1ccsc1. The Hall–Kier alpha value is -0.650. The molecule has 2 aromatic rings. The number of halogens is 1. The van der Waals surface area contributed by atoms with Crippen LogP contribution in [0.4, 0.5) is 5.69 Å². The topological polar surface area (TPSA) is 43.1 Å². The van der Waals surface area contributed by atoms with E-state index in [0.29, 0.717) is 11.4 Å². The summed E-state index contributed by atoms with van der Waals surface area (Å²) in [4.78, 5) is 0.725. The van der Waals surface area contributed by atoms with Crippen LogP contribution in [0.3, 0.4) is 0 Å². The van der Waals surface area contributed by atoms with Crippen molar-refractivity contribution in [1.29, 1.82) is 0 Å². The van der Waals surface area contributed by atoms with Gasteiger partial charge in [-0.3, -0.25) is 4.21 Å². The van der Waals surface area contributed by atoms with Gasteiger partial charge in [0.2, 0.25) is 0 Å². The van der Waals surface area contributed by atoms with Crippen molar-refractivity contribution in [2.75, 3.05) is 11.5 Å². The molecular formula is C12H12BrNOS2. The summed E-state index contributed by atoms with van der Waals surface area (Å²) in [6, 6.07) is 7.54. The van der Waals surface area contributed by atoms with E-state index in [0.717, 1.165) is 15.8 Å². The largest absolute Gasteiger partial charge is 0.398 e. The number of benzene rings is 1.